The van der Waals surface area contributed by atoms with Gasteiger partial charge in [0.25, 0.3) is 5.84 Å². The second-order valence-electron chi connectivity index (χ2n) is 6.75. The van der Waals surface area contributed by atoms with E-state index >= 15 is 0 Å². The summed E-state index contributed by atoms with van der Waals surface area (Å²) in [6.07, 6.45) is -0.233. The summed E-state index contributed by atoms with van der Waals surface area (Å²) in [6, 6.07) is 9.90. The third kappa shape index (κ3) is 1.53. The molecule has 1 saturated carbocycles. The maximum absolute atomic E-state index is 10.2. The predicted molar refractivity (Wildman–Crippen MR) is 87.8 cm³/mol. The van der Waals surface area contributed by atoms with Crippen LogP contribution < -0.4 is 20.2 Å². The lowest BCUT2D eigenvalue weighted by molar-refractivity contribution is -0.677. The van der Waals surface area contributed by atoms with Gasteiger partial charge in [0.15, 0.2) is 22.3 Å². The first-order valence-electron chi connectivity index (χ1n) is 8.24. The van der Waals surface area contributed by atoms with Crippen LogP contribution in [0.4, 0.5) is 0 Å². The van der Waals surface area contributed by atoms with Gasteiger partial charge in [-0.2, -0.15) is 10.5 Å². The minimum absolute atomic E-state index is 0.172. The van der Waals surface area contributed by atoms with Crippen molar-refractivity contribution in [1.82, 2.24) is 0 Å². The van der Waals surface area contributed by atoms with Gasteiger partial charge in [0.2, 0.25) is 0 Å². The van der Waals surface area contributed by atoms with E-state index in [0.29, 0.717) is 23.7 Å². The van der Waals surface area contributed by atoms with E-state index in [9.17, 15) is 10.5 Å². The van der Waals surface area contributed by atoms with E-state index in [4.69, 9.17) is 24.7 Å². The van der Waals surface area contributed by atoms with Crippen LogP contribution in [-0.4, -0.2) is 38.7 Å². The minimum Gasteiger partial charge on any atom is -0.493 e. The molecule has 4 rings (SSSR count). The summed E-state index contributed by atoms with van der Waals surface area (Å²) < 4.78 is 22.7. The summed E-state index contributed by atoms with van der Waals surface area (Å²) in [7, 11) is 3.05. The Balaban J connectivity index is 1.95. The molecular formula is C18H19N4O4+. The summed E-state index contributed by atoms with van der Waals surface area (Å²) in [6.45, 7) is 2.14. The predicted octanol–water partition coefficient (Wildman–Crippen LogP) is -0.639. The van der Waals surface area contributed by atoms with Crippen molar-refractivity contribution in [2.45, 2.75) is 24.9 Å². The standard InChI is InChI=1S/C18H18N4O4/c1-10-7-25-18(26-10)17(9-20)14(16(17,8-19)15(21)22-18)11-5-4-6-12(23-2)13(11)24-3/h4-6,10,14H,7H2,1-3H3,(H2,21,22)/p+1/t10-,14+,16+,17+,18+/m0/s1. The van der Waals surface area contributed by atoms with Gasteiger partial charge in [0.05, 0.1) is 45.0 Å². The number of hydrogen-bond acceptors (Lipinski definition) is 7. The normalized spacial score (nSPS) is 39.7. The number of ether oxygens (including phenoxy) is 4. The van der Waals surface area contributed by atoms with E-state index in [0.717, 1.165) is 0 Å². The van der Waals surface area contributed by atoms with E-state index in [1.54, 1.807) is 12.1 Å². The molecule has 0 aromatic heterocycles. The molecule has 3 N–H and O–H groups in total. The van der Waals surface area contributed by atoms with Gasteiger partial charge >= 0.3 is 5.91 Å². The second kappa shape index (κ2) is 5.10. The highest BCUT2D eigenvalue weighted by Gasteiger charge is 2.98. The maximum Gasteiger partial charge on any atom is 0.343 e. The Kier molecular flexibility index (Phi) is 3.27. The average molecular weight is 355 g/mol. The Morgan fingerprint density at radius 1 is 1.27 bits per heavy atom. The van der Waals surface area contributed by atoms with Crippen LogP contribution >= 0.6 is 0 Å². The molecule has 1 aromatic carbocycles. The Morgan fingerprint density at radius 2 is 2.04 bits per heavy atom. The number of nitriles is 2. The molecule has 0 amide bonds. The molecule has 0 unspecified atom stereocenters. The number of methoxy groups -OCH3 is 2. The van der Waals surface area contributed by atoms with Crippen molar-refractivity contribution in [3.63, 3.8) is 0 Å². The number of benzene rings is 1. The lowest BCUT2D eigenvalue weighted by Gasteiger charge is -2.24. The molecule has 1 aromatic rings. The summed E-state index contributed by atoms with van der Waals surface area (Å²) in [5, 5.41) is 20.2. The smallest absolute Gasteiger partial charge is 0.343 e. The molecule has 26 heavy (non-hydrogen) atoms. The van der Waals surface area contributed by atoms with Crippen molar-refractivity contribution in [3.05, 3.63) is 23.8 Å². The largest absolute Gasteiger partial charge is 0.493 e. The molecule has 1 spiro atoms. The molecule has 0 bridgehead atoms. The third-order valence-corrected chi connectivity index (χ3v) is 5.63. The van der Waals surface area contributed by atoms with Crippen molar-refractivity contribution >= 4 is 5.84 Å². The van der Waals surface area contributed by atoms with Crippen molar-refractivity contribution in [1.29, 1.82) is 10.5 Å². The average Bonchev–Trinajstić information content (AvgIpc) is 3.04. The fraction of sp³-hybridized carbons (Fsp3) is 0.500. The van der Waals surface area contributed by atoms with Gasteiger partial charge in [0.1, 0.15) is 0 Å². The van der Waals surface area contributed by atoms with Crippen molar-refractivity contribution in [2.75, 3.05) is 20.8 Å². The molecule has 5 atom stereocenters. The number of para-hydroxylation sites is 1. The molecule has 2 heterocycles. The molecule has 8 heteroatoms. The van der Waals surface area contributed by atoms with E-state index in [1.165, 1.54) is 14.2 Å². The Bertz CT molecular complexity index is 903. The van der Waals surface area contributed by atoms with Gasteiger partial charge in [-0.25, -0.2) is 4.99 Å². The topological polar surface area (TPSA) is 124 Å². The lowest BCUT2D eigenvalue weighted by atomic mass is 9.93. The summed E-state index contributed by atoms with van der Waals surface area (Å²) in [5.41, 5.74) is 4.26. The minimum atomic E-state index is -1.46. The number of rotatable bonds is 3. The molecule has 1 saturated heterocycles. The Hall–Kier alpha value is -2.81. The van der Waals surface area contributed by atoms with Crippen LogP contribution in [0.15, 0.2) is 18.2 Å². The fourth-order valence-electron chi connectivity index (χ4n) is 4.57. The van der Waals surface area contributed by atoms with Crippen LogP contribution in [-0.2, 0) is 9.47 Å². The zero-order valence-corrected chi connectivity index (χ0v) is 14.7. The zero-order chi connectivity index (χ0) is 18.7. The van der Waals surface area contributed by atoms with Crippen LogP contribution in [0.3, 0.4) is 0 Å². The van der Waals surface area contributed by atoms with Gasteiger partial charge in [-0.3, -0.25) is 5.73 Å². The van der Waals surface area contributed by atoms with Gasteiger partial charge in [-0.15, -0.1) is 0 Å². The van der Waals surface area contributed by atoms with Crippen LogP contribution in [0.2, 0.25) is 0 Å². The van der Waals surface area contributed by atoms with Crippen molar-refractivity contribution < 1.29 is 23.9 Å². The van der Waals surface area contributed by atoms with Crippen LogP contribution in [0, 0.1) is 33.5 Å². The second-order valence-corrected chi connectivity index (χ2v) is 6.75. The van der Waals surface area contributed by atoms with Crippen LogP contribution in [0.5, 0.6) is 11.5 Å². The van der Waals surface area contributed by atoms with Gasteiger partial charge < -0.3 is 18.9 Å². The van der Waals surface area contributed by atoms with Gasteiger partial charge in [0, 0.05) is 5.56 Å². The summed E-state index contributed by atoms with van der Waals surface area (Å²) in [5.74, 6) is -0.891. The SMILES string of the molecule is COc1cccc([C@H]2[C@@]3(C#N)[C@@]4([NH+]=C(N)[C@@]23C#N)OC[C@H](C)O4)c1OC. The van der Waals surface area contributed by atoms with Crippen molar-refractivity contribution in [2.24, 2.45) is 16.6 Å². The van der Waals surface area contributed by atoms with Crippen molar-refractivity contribution in [3.8, 4) is 23.6 Å². The third-order valence-electron chi connectivity index (χ3n) is 5.63. The number of nitrogens with two attached hydrogens (primary N) is 1. The number of nitrogens with one attached hydrogen (secondary N) is 1. The molecule has 134 valence electrons. The molecule has 1 aliphatic carbocycles. The van der Waals surface area contributed by atoms with E-state index in [-0.39, 0.29) is 11.9 Å². The van der Waals surface area contributed by atoms with E-state index in [1.807, 2.05) is 13.0 Å². The highest BCUT2D eigenvalue weighted by Crippen LogP contribution is 2.80. The first kappa shape index (κ1) is 16.6. The number of amidine groups is 1. The molecule has 0 radical (unpaired) electrons. The summed E-state index contributed by atoms with van der Waals surface area (Å²) >= 11 is 0. The summed E-state index contributed by atoms with van der Waals surface area (Å²) in [4.78, 5) is 2.94. The van der Waals surface area contributed by atoms with Crippen LogP contribution in [0.25, 0.3) is 0 Å². The number of nitrogens with zero attached hydrogens (tertiary/aromatic N) is 2. The zero-order valence-electron chi connectivity index (χ0n) is 14.7. The lowest BCUT2D eigenvalue weighted by Crippen LogP contribution is -2.90. The molecular weight excluding hydrogens is 336 g/mol. The van der Waals surface area contributed by atoms with Gasteiger partial charge in [-0.05, 0) is 13.0 Å². The highest BCUT2D eigenvalue weighted by molar-refractivity contribution is 5.95. The Morgan fingerprint density at radius 3 is 2.58 bits per heavy atom. The molecule has 3 aliphatic rings. The monoisotopic (exact) mass is 355 g/mol. The first-order chi connectivity index (χ1) is 12.5. The Labute approximate surface area is 150 Å². The van der Waals surface area contributed by atoms with Crippen LogP contribution in [0.1, 0.15) is 18.4 Å². The quantitative estimate of drug-likeness (QED) is 0.739. The van der Waals surface area contributed by atoms with Gasteiger partial charge in [-0.1, -0.05) is 12.1 Å². The molecule has 2 fully saturated rings. The first-order valence-corrected chi connectivity index (χ1v) is 8.24. The molecule has 2 aliphatic heterocycles. The number of fused-ring (bicyclic) bond motifs is 2. The maximum atomic E-state index is 10.2. The van der Waals surface area contributed by atoms with E-state index < -0.39 is 22.7 Å². The van der Waals surface area contributed by atoms with E-state index in [2.05, 4.69) is 17.1 Å². The molecule has 8 nitrogen and oxygen atoms in total. The number of hydrogen-bond donors (Lipinski definition) is 2. The fourth-order valence-corrected chi connectivity index (χ4v) is 4.57. The highest BCUT2D eigenvalue weighted by atomic mass is 16.8.